The number of hydrogen-bond donors (Lipinski definition) is 0. The van der Waals surface area contributed by atoms with Gasteiger partial charge in [-0.05, 0) is 24.3 Å². The summed E-state index contributed by atoms with van der Waals surface area (Å²) < 4.78 is 4.47. The fraction of sp³-hybridized carbons (Fsp3) is 0. The number of anilines is 1. The van der Waals surface area contributed by atoms with Gasteiger partial charge in [-0.15, -0.1) is 0 Å². The molecule has 1 aliphatic heterocycles. The Labute approximate surface area is 105 Å². The molecule has 0 amide bonds. The summed E-state index contributed by atoms with van der Waals surface area (Å²) in [6.45, 7) is 0. The number of nitrogens with zero attached hydrogens (tertiary/aromatic N) is 4. The summed E-state index contributed by atoms with van der Waals surface area (Å²) in [6, 6.07) is 5.73. The molecule has 5 nitrogen and oxygen atoms in total. The third-order valence-corrected chi connectivity index (χ3v) is 1.96. The molecule has 0 fully saturated rings. The van der Waals surface area contributed by atoms with Crippen LogP contribution in [-0.2, 0) is 0 Å². The van der Waals surface area contributed by atoms with Crippen molar-refractivity contribution in [3.05, 3.63) is 67.7 Å². The Morgan fingerprint density at radius 1 is 1.06 bits per heavy atom. The van der Waals surface area contributed by atoms with Crippen LogP contribution < -0.4 is 5.01 Å². The summed E-state index contributed by atoms with van der Waals surface area (Å²) in [4.78, 5) is 7.73. The van der Waals surface area contributed by atoms with Crippen molar-refractivity contribution in [3.63, 3.8) is 0 Å². The van der Waals surface area contributed by atoms with Gasteiger partial charge in [0, 0.05) is 18.6 Å². The highest BCUT2D eigenvalue weighted by Gasteiger charge is 1.99. The van der Waals surface area contributed by atoms with Gasteiger partial charge in [0.25, 0.3) is 0 Å². The molecule has 0 radical (unpaired) electrons. The van der Waals surface area contributed by atoms with Crippen molar-refractivity contribution in [1.29, 1.82) is 0 Å². The normalized spacial score (nSPS) is 12.8. The second kappa shape index (κ2) is 6.80. The van der Waals surface area contributed by atoms with Crippen molar-refractivity contribution in [2.24, 2.45) is 5.10 Å². The van der Waals surface area contributed by atoms with Gasteiger partial charge in [0.1, 0.15) is 6.26 Å². The first-order valence-electron chi connectivity index (χ1n) is 5.36. The second-order valence-corrected chi connectivity index (χ2v) is 3.20. The fourth-order valence-electron chi connectivity index (χ4n) is 1.19. The van der Waals surface area contributed by atoms with E-state index in [0.29, 0.717) is 0 Å². The second-order valence-electron chi connectivity index (χ2n) is 3.20. The average Bonchev–Trinajstić information content (AvgIpc) is 2.90. The minimum Gasteiger partial charge on any atom is -0.452 e. The minimum absolute atomic E-state index is 0.818. The van der Waals surface area contributed by atoms with E-state index in [0.717, 1.165) is 5.82 Å². The van der Waals surface area contributed by atoms with Crippen LogP contribution in [0, 0.1) is 0 Å². The van der Waals surface area contributed by atoms with Crippen LogP contribution in [0.1, 0.15) is 0 Å². The van der Waals surface area contributed by atoms with E-state index in [9.17, 15) is 0 Å². The molecule has 90 valence electrons. The number of aromatic nitrogens is 2. The Bertz CT molecular complexity index is 484. The molecule has 18 heavy (non-hydrogen) atoms. The number of rotatable bonds is 1. The molecule has 3 rings (SSSR count). The van der Waals surface area contributed by atoms with E-state index in [1.165, 1.54) is 12.7 Å². The largest absolute Gasteiger partial charge is 0.452 e. The Morgan fingerprint density at radius 2 is 2.06 bits per heavy atom. The van der Waals surface area contributed by atoms with Crippen molar-refractivity contribution in [3.8, 4) is 0 Å². The Kier molecular flexibility index (Phi) is 4.45. The zero-order valence-corrected chi connectivity index (χ0v) is 9.63. The first kappa shape index (κ1) is 11.8. The number of oxazole rings is 1. The molecule has 0 N–H and O–H groups in total. The highest BCUT2D eigenvalue weighted by Crippen LogP contribution is 2.10. The maximum atomic E-state index is 4.47. The van der Waals surface area contributed by atoms with Crippen LogP contribution in [0.5, 0.6) is 0 Å². The topological polar surface area (TPSA) is 54.5 Å². The SMILES string of the molecule is C1=CC=NN(c2ccccn2)C=C1.c1cocn1. The van der Waals surface area contributed by atoms with Crippen LogP contribution in [0.4, 0.5) is 5.82 Å². The molecule has 0 atom stereocenters. The van der Waals surface area contributed by atoms with Gasteiger partial charge in [-0.3, -0.25) is 0 Å². The molecule has 0 bridgehead atoms. The highest BCUT2D eigenvalue weighted by molar-refractivity contribution is 5.73. The standard InChI is InChI=1S/C10H9N3.C3H3NO/c1-3-8-12-13(9-5-1)10-6-2-4-7-11-10;1-2-5-3-4-1/h1-9H;1-3H. The van der Waals surface area contributed by atoms with Gasteiger partial charge in [-0.2, -0.15) is 5.10 Å². The van der Waals surface area contributed by atoms with Crippen molar-refractivity contribution in [2.75, 3.05) is 5.01 Å². The van der Waals surface area contributed by atoms with Crippen LogP contribution in [0.3, 0.4) is 0 Å². The van der Waals surface area contributed by atoms with E-state index < -0.39 is 0 Å². The van der Waals surface area contributed by atoms with Crippen molar-refractivity contribution in [1.82, 2.24) is 9.97 Å². The molecule has 0 aliphatic carbocycles. The summed E-state index contributed by atoms with van der Waals surface area (Å²) in [6.07, 6.45) is 15.5. The number of hydrazone groups is 1. The summed E-state index contributed by atoms with van der Waals surface area (Å²) >= 11 is 0. The maximum absolute atomic E-state index is 4.47. The molecule has 2 aromatic rings. The predicted molar refractivity (Wildman–Crippen MR) is 70.0 cm³/mol. The molecule has 0 unspecified atom stereocenters. The number of pyridine rings is 1. The molecule has 3 heterocycles. The van der Waals surface area contributed by atoms with Crippen LogP contribution in [-0.4, -0.2) is 16.2 Å². The average molecular weight is 240 g/mol. The summed E-state index contributed by atoms with van der Waals surface area (Å²) in [5.74, 6) is 0.818. The van der Waals surface area contributed by atoms with Gasteiger partial charge >= 0.3 is 0 Å². The lowest BCUT2D eigenvalue weighted by molar-refractivity contribution is 0.558. The molecular weight excluding hydrogens is 228 g/mol. The van der Waals surface area contributed by atoms with Gasteiger partial charge in [-0.25, -0.2) is 15.0 Å². The van der Waals surface area contributed by atoms with Gasteiger partial charge < -0.3 is 4.42 Å². The Morgan fingerprint density at radius 3 is 2.72 bits per heavy atom. The van der Waals surface area contributed by atoms with E-state index in [1.807, 2.05) is 42.6 Å². The zero-order chi connectivity index (χ0) is 12.5. The zero-order valence-electron chi connectivity index (χ0n) is 9.63. The summed E-state index contributed by atoms with van der Waals surface area (Å²) in [5, 5.41) is 5.89. The summed E-state index contributed by atoms with van der Waals surface area (Å²) in [5.41, 5.74) is 0. The van der Waals surface area contributed by atoms with Crippen LogP contribution in [0.15, 0.2) is 77.2 Å². The molecule has 0 saturated carbocycles. The monoisotopic (exact) mass is 240 g/mol. The number of allylic oxidation sites excluding steroid dienone is 3. The van der Waals surface area contributed by atoms with Gasteiger partial charge in [0.2, 0.25) is 0 Å². The molecule has 0 aromatic carbocycles. The Hall–Kier alpha value is -2.69. The lowest BCUT2D eigenvalue weighted by atomic mass is 10.4. The smallest absolute Gasteiger partial charge is 0.180 e. The van der Waals surface area contributed by atoms with Crippen LogP contribution >= 0.6 is 0 Å². The molecular formula is C13H12N4O. The minimum atomic E-state index is 0.818. The van der Waals surface area contributed by atoms with E-state index in [1.54, 1.807) is 23.6 Å². The quantitative estimate of drug-likeness (QED) is 0.768. The van der Waals surface area contributed by atoms with Crippen LogP contribution in [0.2, 0.25) is 0 Å². The first-order valence-corrected chi connectivity index (χ1v) is 5.36. The molecule has 2 aromatic heterocycles. The van der Waals surface area contributed by atoms with E-state index >= 15 is 0 Å². The van der Waals surface area contributed by atoms with E-state index in [-0.39, 0.29) is 0 Å². The van der Waals surface area contributed by atoms with Gasteiger partial charge in [-0.1, -0.05) is 12.1 Å². The van der Waals surface area contributed by atoms with E-state index in [2.05, 4.69) is 19.5 Å². The fourth-order valence-corrected chi connectivity index (χ4v) is 1.19. The Balaban J connectivity index is 0.000000202. The van der Waals surface area contributed by atoms with Crippen molar-refractivity contribution >= 4 is 12.0 Å². The molecule has 5 heteroatoms. The molecule has 1 aliphatic rings. The van der Waals surface area contributed by atoms with Gasteiger partial charge in [0.05, 0.1) is 6.20 Å². The van der Waals surface area contributed by atoms with Crippen LogP contribution in [0.25, 0.3) is 0 Å². The molecule has 0 saturated heterocycles. The molecule has 0 spiro atoms. The lowest BCUT2D eigenvalue weighted by Crippen LogP contribution is -2.07. The predicted octanol–water partition coefficient (Wildman–Crippen LogP) is 2.63. The lowest BCUT2D eigenvalue weighted by Gasteiger charge is -2.10. The maximum Gasteiger partial charge on any atom is 0.180 e. The van der Waals surface area contributed by atoms with Gasteiger partial charge in [0.15, 0.2) is 12.2 Å². The highest BCUT2D eigenvalue weighted by atomic mass is 16.3. The van der Waals surface area contributed by atoms with Crippen molar-refractivity contribution < 1.29 is 4.42 Å². The van der Waals surface area contributed by atoms with E-state index in [4.69, 9.17) is 0 Å². The first-order chi connectivity index (χ1) is 8.97. The van der Waals surface area contributed by atoms with Crippen molar-refractivity contribution in [2.45, 2.75) is 0 Å². The third-order valence-electron chi connectivity index (χ3n) is 1.96. The number of hydrogen-bond acceptors (Lipinski definition) is 5. The summed E-state index contributed by atoms with van der Waals surface area (Å²) in [7, 11) is 0. The third kappa shape index (κ3) is 3.71.